The second-order valence-electron chi connectivity index (χ2n) is 7.24. The molecule has 0 aliphatic heterocycles. The zero-order valence-electron chi connectivity index (χ0n) is 18.3. The van der Waals surface area contributed by atoms with Gasteiger partial charge >= 0.3 is 6.03 Å². The van der Waals surface area contributed by atoms with Crippen LogP contribution in [0.2, 0.25) is 0 Å². The van der Waals surface area contributed by atoms with Gasteiger partial charge in [-0.25, -0.2) is 9.18 Å². The maximum atomic E-state index is 13.7. The lowest BCUT2D eigenvalue weighted by Crippen LogP contribution is -2.36. The van der Waals surface area contributed by atoms with Crippen molar-refractivity contribution < 1.29 is 23.8 Å². The van der Waals surface area contributed by atoms with Crippen molar-refractivity contribution in [2.75, 3.05) is 25.6 Å². The zero-order chi connectivity index (χ0) is 23.6. The van der Waals surface area contributed by atoms with Gasteiger partial charge in [-0.3, -0.25) is 4.79 Å². The summed E-state index contributed by atoms with van der Waals surface area (Å²) >= 11 is 0. The quantitative estimate of drug-likeness (QED) is 0.462. The molecule has 0 aromatic heterocycles. The third kappa shape index (κ3) is 6.54. The standard InChI is InChI=1S/C25H26FN3O4/c1-33-23-9-5-3-7-20(23)17-29(14-15-30)25(32)28-21-12-10-18(11-13-21)24(31)27-16-19-6-2-4-8-22(19)26/h2-13,30H,14-17H2,1H3,(H,27,31)(H,28,32). The van der Waals surface area contributed by atoms with Crippen molar-refractivity contribution in [3.05, 3.63) is 95.3 Å². The molecular weight excluding hydrogens is 425 g/mol. The highest BCUT2D eigenvalue weighted by Crippen LogP contribution is 2.20. The lowest BCUT2D eigenvalue weighted by atomic mass is 10.1. The first-order valence-electron chi connectivity index (χ1n) is 10.4. The Hall–Kier alpha value is -3.91. The van der Waals surface area contributed by atoms with Crippen molar-refractivity contribution in [2.45, 2.75) is 13.1 Å². The van der Waals surface area contributed by atoms with Crippen molar-refractivity contribution in [2.24, 2.45) is 0 Å². The summed E-state index contributed by atoms with van der Waals surface area (Å²) in [7, 11) is 1.56. The monoisotopic (exact) mass is 451 g/mol. The van der Waals surface area contributed by atoms with E-state index in [1.165, 1.54) is 11.0 Å². The Kier molecular flexibility index (Phi) is 8.37. The number of urea groups is 1. The van der Waals surface area contributed by atoms with Gasteiger partial charge in [-0.1, -0.05) is 36.4 Å². The van der Waals surface area contributed by atoms with Crippen LogP contribution in [0, 0.1) is 5.82 Å². The predicted molar refractivity (Wildman–Crippen MR) is 124 cm³/mol. The minimum atomic E-state index is -0.397. The van der Waals surface area contributed by atoms with Gasteiger partial charge in [0.15, 0.2) is 0 Å². The number of carbonyl (C=O) groups excluding carboxylic acids is 2. The molecule has 3 N–H and O–H groups in total. The summed E-state index contributed by atoms with van der Waals surface area (Å²) in [6.07, 6.45) is 0. The molecule has 33 heavy (non-hydrogen) atoms. The summed E-state index contributed by atoms with van der Waals surface area (Å²) in [5.41, 5.74) is 2.08. The molecule has 7 nitrogen and oxygen atoms in total. The van der Waals surface area contributed by atoms with E-state index in [0.717, 1.165) is 5.56 Å². The summed E-state index contributed by atoms with van der Waals surface area (Å²) in [5, 5.41) is 14.8. The summed E-state index contributed by atoms with van der Waals surface area (Å²) in [6, 6.07) is 19.6. The third-order valence-electron chi connectivity index (χ3n) is 5.01. The van der Waals surface area contributed by atoms with Gasteiger partial charge in [0, 0.05) is 35.5 Å². The first-order valence-corrected chi connectivity index (χ1v) is 10.4. The normalized spacial score (nSPS) is 10.4. The van der Waals surface area contributed by atoms with Crippen LogP contribution in [0.4, 0.5) is 14.9 Å². The molecule has 0 unspecified atom stereocenters. The molecule has 0 spiro atoms. The van der Waals surface area contributed by atoms with Crippen molar-refractivity contribution in [1.82, 2.24) is 10.2 Å². The number of anilines is 1. The molecule has 3 aromatic carbocycles. The van der Waals surface area contributed by atoms with E-state index in [4.69, 9.17) is 4.74 Å². The maximum absolute atomic E-state index is 13.7. The predicted octanol–water partition coefficient (Wildman–Crippen LogP) is 3.79. The smallest absolute Gasteiger partial charge is 0.322 e. The van der Waals surface area contributed by atoms with Crippen LogP contribution in [0.1, 0.15) is 21.5 Å². The van der Waals surface area contributed by atoms with Crippen LogP contribution < -0.4 is 15.4 Å². The first kappa shape index (κ1) is 23.7. The molecule has 0 heterocycles. The van der Waals surface area contributed by atoms with Crippen LogP contribution in [0.25, 0.3) is 0 Å². The lowest BCUT2D eigenvalue weighted by Gasteiger charge is -2.23. The molecule has 0 saturated heterocycles. The third-order valence-corrected chi connectivity index (χ3v) is 5.01. The molecule has 0 radical (unpaired) electrons. The summed E-state index contributed by atoms with van der Waals surface area (Å²) in [6.45, 7) is 0.278. The SMILES string of the molecule is COc1ccccc1CN(CCO)C(=O)Nc1ccc(C(=O)NCc2ccccc2F)cc1. The highest BCUT2D eigenvalue weighted by molar-refractivity contribution is 5.95. The van der Waals surface area contributed by atoms with Crippen LogP contribution in [0.3, 0.4) is 0 Å². The van der Waals surface area contributed by atoms with Gasteiger partial charge in [-0.2, -0.15) is 0 Å². The number of methoxy groups -OCH3 is 1. The van der Waals surface area contributed by atoms with Crippen molar-refractivity contribution in [3.8, 4) is 5.75 Å². The minimum absolute atomic E-state index is 0.0725. The number of nitrogens with one attached hydrogen (secondary N) is 2. The molecule has 0 fully saturated rings. The van der Waals surface area contributed by atoms with Gasteiger partial charge in [-0.05, 0) is 36.4 Å². The number of hydrogen-bond acceptors (Lipinski definition) is 4. The molecule has 0 aliphatic rings. The van der Waals surface area contributed by atoms with E-state index in [1.54, 1.807) is 55.6 Å². The summed E-state index contributed by atoms with van der Waals surface area (Å²) in [5.74, 6) is -0.0791. The highest BCUT2D eigenvalue weighted by Gasteiger charge is 2.16. The van der Waals surface area contributed by atoms with E-state index in [9.17, 15) is 19.1 Å². The number of para-hydroxylation sites is 1. The summed E-state index contributed by atoms with van der Waals surface area (Å²) in [4.78, 5) is 26.6. The Morgan fingerprint density at radius 3 is 2.30 bits per heavy atom. The van der Waals surface area contributed by atoms with E-state index in [2.05, 4.69) is 10.6 Å². The number of nitrogens with zero attached hydrogens (tertiary/aromatic N) is 1. The second kappa shape index (κ2) is 11.6. The van der Waals surface area contributed by atoms with Gasteiger partial charge in [-0.15, -0.1) is 0 Å². The molecule has 0 aliphatic carbocycles. The Bertz CT molecular complexity index is 1090. The number of rotatable bonds is 9. The number of aliphatic hydroxyl groups excluding tert-OH is 1. The fourth-order valence-corrected chi connectivity index (χ4v) is 3.24. The number of amides is 3. The Balaban J connectivity index is 1.60. The van der Waals surface area contributed by atoms with Crippen molar-refractivity contribution in [1.29, 1.82) is 0 Å². The fourth-order valence-electron chi connectivity index (χ4n) is 3.24. The van der Waals surface area contributed by atoms with E-state index < -0.39 is 6.03 Å². The minimum Gasteiger partial charge on any atom is -0.496 e. The Morgan fingerprint density at radius 1 is 0.970 bits per heavy atom. The van der Waals surface area contributed by atoms with Crippen LogP contribution >= 0.6 is 0 Å². The molecule has 8 heteroatoms. The van der Waals surface area contributed by atoms with E-state index >= 15 is 0 Å². The number of carbonyl (C=O) groups is 2. The number of hydrogen-bond donors (Lipinski definition) is 3. The van der Waals surface area contributed by atoms with E-state index in [0.29, 0.717) is 22.6 Å². The average molecular weight is 451 g/mol. The van der Waals surface area contributed by atoms with Gasteiger partial charge in [0.05, 0.1) is 20.3 Å². The highest BCUT2D eigenvalue weighted by atomic mass is 19.1. The van der Waals surface area contributed by atoms with Gasteiger partial charge < -0.3 is 25.4 Å². The average Bonchev–Trinajstić information content (AvgIpc) is 2.84. The van der Waals surface area contributed by atoms with E-state index in [-0.39, 0.29) is 38.0 Å². The molecule has 3 amide bonds. The topological polar surface area (TPSA) is 90.9 Å². The maximum Gasteiger partial charge on any atom is 0.322 e. The number of aliphatic hydroxyl groups is 1. The van der Waals surface area contributed by atoms with Crippen LogP contribution in [0.15, 0.2) is 72.8 Å². The van der Waals surface area contributed by atoms with E-state index in [1.807, 2.05) is 18.2 Å². The van der Waals surface area contributed by atoms with Crippen LogP contribution in [-0.2, 0) is 13.1 Å². The second-order valence-corrected chi connectivity index (χ2v) is 7.24. The zero-order valence-corrected chi connectivity index (χ0v) is 18.3. The number of benzene rings is 3. The van der Waals surface area contributed by atoms with Crippen molar-refractivity contribution >= 4 is 17.6 Å². The van der Waals surface area contributed by atoms with Crippen LogP contribution in [0.5, 0.6) is 5.75 Å². The fraction of sp³-hybridized carbons (Fsp3) is 0.200. The largest absolute Gasteiger partial charge is 0.496 e. The summed E-state index contributed by atoms with van der Waals surface area (Å²) < 4.78 is 19.0. The Labute approximate surface area is 191 Å². The number of ether oxygens (including phenoxy) is 1. The molecule has 3 rings (SSSR count). The molecule has 172 valence electrons. The van der Waals surface area contributed by atoms with Gasteiger partial charge in [0.25, 0.3) is 5.91 Å². The number of halogens is 1. The molecule has 0 bridgehead atoms. The van der Waals surface area contributed by atoms with Gasteiger partial charge in [0.1, 0.15) is 11.6 Å². The Morgan fingerprint density at radius 2 is 1.64 bits per heavy atom. The molecule has 3 aromatic rings. The molecular formula is C25H26FN3O4. The molecule has 0 atom stereocenters. The first-order chi connectivity index (χ1) is 16.0. The van der Waals surface area contributed by atoms with Gasteiger partial charge in [0.2, 0.25) is 0 Å². The van der Waals surface area contributed by atoms with Crippen molar-refractivity contribution in [3.63, 3.8) is 0 Å². The van der Waals surface area contributed by atoms with Crippen LogP contribution in [-0.4, -0.2) is 42.2 Å². The lowest BCUT2D eigenvalue weighted by molar-refractivity contribution is 0.0950. The molecule has 0 saturated carbocycles.